The standard InChI is InChI=1S/C25H33O4PS/c1-3-28-22-15-14-19-12-8-9-13-20(19)24(22)31-17-23(30-27)21(25(26)29-4-2)16-18-10-6-5-7-11-18/h8-9,12-15,18,21,23H,3-7,10-11,16-17H2,1-2H3. The molecule has 1 fully saturated rings. The molecule has 0 N–H and O–H groups in total. The fourth-order valence-electron chi connectivity index (χ4n) is 4.47. The van der Waals surface area contributed by atoms with Crippen molar-refractivity contribution in [3.05, 3.63) is 36.4 Å². The molecule has 168 valence electrons. The van der Waals surface area contributed by atoms with E-state index >= 15 is 0 Å². The Morgan fingerprint density at radius 2 is 1.87 bits per heavy atom. The normalized spacial score (nSPS) is 16.8. The first-order valence-corrected chi connectivity index (χ1v) is 13.3. The van der Waals surface area contributed by atoms with Gasteiger partial charge in [0.25, 0.3) is 0 Å². The monoisotopic (exact) mass is 460 g/mol. The van der Waals surface area contributed by atoms with Crippen molar-refractivity contribution in [2.24, 2.45) is 11.8 Å². The maximum absolute atomic E-state index is 12.8. The molecule has 3 rings (SSSR count). The van der Waals surface area contributed by atoms with Gasteiger partial charge < -0.3 is 9.47 Å². The van der Waals surface area contributed by atoms with Gasteiger partial charge in [-0.25, -0.2) is 0 Å². The van der Waals surface area contributed by atoms with Gasteiger partial charge in [-0.1, -0.05) is 62.4 Å². The Kier molecular flexibility index (Phi) is 9.67. The predicted octanol–water partition coefficient (Wildman–Crippen LogP) is 7.14. The van der Waals surface area contributed by atoms with Gasteiger partial charge in [0.2, 0.25) is 0 Å². The van der Waals surface area contributed by atoms with Gasteiger partial charge in [-0.2, -0.15) is 0 Å². The number of rotatable bonds is 11. The summed E-state index contributed by atoms with van der Waals surface area (Å²) in [6.45, 7) is 4.75. The van der Waals surface area contributed by atoms with Gasteiger partial charge in [-0.3, -0.25) is 9.36 Å². The average Bonchev–Trinajstić information content (AvgIpc) is 2.80. The van der Waals surface area contributed by atoms with Crippen molar-refractivity contribution in [3.8, 4) is 5.75 Å². The second kappa shape index (κ2) is 12.5. The van der Waals surface area contributed by atoms with E-state index < -0.39 is 0 Å². The summed E-state index contributed by atoms with van der Waals surface area (Å²) in [5.74, 6) is 1.40. The quantitative estimate of drug-likeness (QED) is 0.203. The molecule has 0 spiro atoms. The highest BCUT2D eigenvalue weighted by Gasteiger charge is 2.33. The molecule has 2 aromatic rings. The molecule has 31 heavy (non-hydrogen) atoms. The Balaban J connectivity index is 1.81. The molecule has 1 saturated carbocycles. The van der Waals surface area contributed by atoms with Crippen molar-refractivity contribution in [1.29, 1.82) is 0 Å². The van der Waals surface area contributed by atoms with Gasteiger partial charge in [0.15, 0.2) is 8.46 Å². The van der Waals surface area contributed by atoms with E-state index in [0.717, 1.165) is 40.7 Å². The van der Waals surface area contributed by atoms with Crippen LogP contribution < -0.4 is 4.74 Å². The highest BCUT2D eigenvalue weighted by molar-refractivity contribution is 7.99. The third kappa shape index (κ3) is 6.46. The van der Waals surface area contributed by atoms with Crippen molar-refractivity contribution >= 4 is 37.0 Å². The molecule has 0 heterocycles. The minimum Gasteiger partial charge on any atom is -0.493 e. The zero-order chi connectivity index (χ0) is 22.1. The first-order valence-electron chi connectivity index (χ1n) is 11.4. The number of esters is 1. The molecule has 2 atom stereocenters. The predicted molar refractivity (Wildman–Crippen MR) is 129 cm³/mol. The van der Waals surface area contributed by atoms with Crippen LogP contribution in [0.4, 0.5) is 0 Å². The van der Waals surface area contributed by atoms with Gasteiger partial charge in [0.1, 0.15) is 5.75 Å². The van der Waals surface area contributed by atoms with Crippen LogP contribution in [0.5, 0.6) is 5.75 Å². The van der Waals surface area contributed by atoms with E-state index in [-0.39, 0.29) is 26.0 Å². The smallest absolute Gasteiger partial charge is 0.310 e. The van der Waals surface area contributed by atoms with Gasteiger partial charge in [-0.05, 0) is 43.0 Å². The molecule has 6 heteroatoms. The Morgan fingerprint density at radius 1 is 1.10 bits per heavy atom. The number of benzene rings is 2. The number of thioether (sulfide) groups is 1. The molecule has 0 aromatic heterocycles. The summed E-state index contributed by atoms with van der Waals surface area (Å²) in [6, 6.07) is 12.3. The summed E-state index contributed by atoms with van der Waals surface area (Å²) in [5.41, 5.74) is -0.278. The lowest BCUT2D eigenvalue weighted by molar-refractivity contribution is -0.148. The molecule has 0 saturated heterocycles. The van der Waals surface area contributed by atoms with E-state index in [1.165, 1.54) is 19.3 Å². The highest BCUT2D eigenvalue weighted by atomic mass is 32.2. The summed E-state index contributed by atoms with van der Waals surface area (Å²) < 4.78 is 23.5. The van der Waals surface area contributed by atoms with Gasteiger partial charge in [0, 0.05) is 5.75 Å². The Bertz CT molecular complexity index is 866. The molecule has 0 amide bonds. The minimum absolute atomic E-state index is 0.00676. The lowest BCUT2D eigenvalue weighted by Crippen LogP contribution is -2.31. The second-order valence-corrected chi connectivity index (χ2v) is 10.0. The van der Waals surface area contributed by atoms with Crippen LogP contribution in [0.15, 0.2) is 41.3 Å². The van der Waals surface area contributed by atoms with E-state index in [2.05, 4.69) is 18.2 Å². The number of ether oxygens (including phenoxy) is 2. The molecule has 2 aromatic carbocycles. The van der Waals surface area contributed by atoms with Crippen molar-refractivity contribution in [2.75, 3.05) is 19.0 Å². The fourth-order valence-corrected chi connectivity index (χ4v) is 6.51. The second-order valence-electron chi connectivity index (χ2n) is 8.13. The molecule has 0 aliphatic heterocycles. The van der Waals surface area contributed by atoms with Crippen LogP contribution in [0.3, 0.4) is 0 Å². The summed E-state index contributed by atoms with van der Waals surface area (Å²) in [4.78, 5) is 13.9. The van der Waals surface area contributed by atoms with E-state index in [4.69, 9.17) is 9.47 Å². The first-order chi connectivity index (χ1) is 15.2. The number of carbonyl (C=O) groups is 1. The highest BCUT2D eigenvalue weighted by Crippen LogP contribution is 2.40. The Hall–Kier alpha value is -1.58. The lowest BCUT2D eigenvalue weighted by Gasteiger charge is -2.28. The lowest BCUT2D eigenvalue weighted by atomic mass is 9.82. The number of hydrogen-bond donors (Lipinski definition) is 0. The number of fused-ring (bicyclic) bond motifs is 1. The van der Waals surface area contributed by atoms with Crippen LogP contribution in [0.2, 0.25) is 0 Å². The third-order valence-corrected chi connectivity index (χ3v) is 8.34. The van der Waals surface area contributed by atoms with E-state index in [9.17, 15) is 9.36 Å². The maximum Gasteiger partial charge on any atom is 0.310 e. The maximum atomic E-state index is 12.8. The molecule has 1 aliphatic rings. The van der Waals surface area contributed by atoms with Crippen LogP contribution in [0, 0.1) is 11.8 Å². The largest absolute Gasteiger partial charge is 0.493 e. The van der Waals surface area contributed by atoms with Crippen molar-refractivity contribution in [2.45, 2.75) is 62.9 Å². The van der Waals surface area contributed by atoms with Crippen LogP contribution in [0.25, 0.3) is 10.8 Å². The number of hydrogen-bond acceptors (Lipinski definition) is 5. The van der Waals surface area contributed by atoms with Gasteiger partial charge in [-0.15, -0.1) is 11.8 Å². The zero-order valence-electron chi connectivity index (χ0n) is 18.5. The van der Waals surface area contributed by atoms with Crippen LogP contribution in [-0.2, 0) is 14.1 Å². The summed E-state index contributed by atoms with van der Waals surface area (Å²) in [5, 5.41) is 2.27. The van der Waals surface area contributed by atoms with E-state index in [0.29, 0.717) is 24.9 Å². The zero-order valence-corrected chi connectivity index (χ0v) is 20.3. The summed E-state index contributed by atoms with van der Waals surface area (Å²) in [6.07, 6.45) is 6.81. The Morgan fingerprint density at radius 3 is 2.58 bits per heavy atom. The van der Waals surface area contributed by atoms with Crippen molar-refractivity contribution in [3.63, 3.8) is 0 Å². The van der Waals surface area contributed by atoms with Gasteiger partial charge >= 0.3 is 5.97 Å². The SMILES string of the molecule is CCOC(=O)C(CC1CCCCC1)C(CSc1c(OCC)ccc2ccccc12)P=O. The van der Waals surface area contributed by atoms with Crippen LogP contribution in [0.1, 0.15) is 52.4 Å². The molecule has 2 unspecified atom stereocenters. The molecule has 0 radical (unpaired) electrons. The minimum atomic E-state index is -0.333. The van der Waals surface area contributed by atoms with Crippen LogP contribution in [-0.4, -0.2) is 30.6 Å². The van der Waals surface area contributed by atoms with Crippen molar-refractivity contribution in [1.82, 2.24) is 0 Å². The number of carbonyl (C=O) groups excluding carboxylic acids is 1. The van der Waals surface area contributed by atoms with Crippen molar-refractivity contribution < 1.29 is 18.8 Å². The third-order valence-electron chi connectivity index (χ3n) is 6.04. The van der Waals surface area contributed by atoms with E-state index in [1.54, 1.807) is 11.8 Å². The molecule has 1 aliphatic carbocycles. The molecule has 0 bridgehead atoms. The van der Waals surface area contributed by atoms with E-state index in [1.807, 2.05) is 32.0 Å². The fraction of sp³-hybridized carbons (Fsp3) is 0.560. The Labute approximate surface area is 191 Å². The molecular weight excluding hydrogens is 427 g/mol. The first kappa shape index (κ1) is 24.1. The summed E-state index contributed by atoms with van der Waals surface area (Å²) >= 11 is 1.64. The topological polar surface area (TPSA) is 52.6 Å². The van der Waals surface area contributed by atoms with Gasteiger partial charge in [0.05, 0.1) is 29.7 Å². The van der Waals surface area contributed by atoms with Crippen LogP contribution >= 0.6 is 20.2 Å². The molecular formula is C25H33O4PS. The average molecular weight is 461 g/mol. The summed E-state index contributed by atoms with van der Waals surface area (Å²) in [7, 11) is 0.00676. The molecule has 4 nitrogen and oxygen atoms in total.